The van der Waals surface area contributed by atoms with Crippen LogP contribution in [0.4, 0.5) is 5.95 Å². The summed E-state index contributed by atoms with van der Waals surface area (Å²) < 4.78 is 41.5. The number of aromatic nitrogens is 4. The van der Waals surface area contributed by atoms with Crippen molar-refractivity contribution in [3.63, 3.8) is 0 Å². The summed E-state index contributed by atoms with van der Waals surface area (Å²) >= 11 is 0. The Kier molecular flexibility index (Phi) is 9.48. The Morgan fingerprint density at radius 2 is 1.73 bits per heavy atom. The van der Waals surface area contributed by atoms with E-state index >= 15 is 0 Å². The van der Waals surface area contributed by atoms with Crippen LogP contribution in [0.1, 0.15) is 57.3 Å². The lowest BCUT2D eigenvalue weighted by atomic mass is 10.00. The molecule has 0 bridgehead atoms. The van der Waals surface area contributed by atoms with Crippen LogP contribution in [-0.2, 0) is 23.0 Å². The topological polar surface area (TPSA) is 169 Å². The van der Waals surface area contributed by atoms with Crippen LogP contribution >= 0.6 is 0 Å². The fraction of sp³-hybridized carbons (Fsp3) is 0.237. The molecule has 51 heavy (non-hydrogen) atoms. The van der Waals surface area contributed by atoms with E-state index in [1.165, 1.54) is 18.2 Å². The Bertz CT molecular complexity index is 2300. The number of aromatic carboxylic acids is 1. The molecular weight excluding hydrogens is 669 g/mol. The number of hydrogen-bond donors (Lipinski definition) is 3. The number of aryl methyl sites for hydroxylation is 2. The molecule has 1 fully saturated rings. The molecule has 0 spiro atoms. The molecule has 260 valence electrons. The Balaban J connectivity index is 1.16. The van der Waals surface area contributed by atoms with Gasteiger partial charge < -0.3 is 19.6 Å². The van der Waals surface area contributed by atoms with Crippen molar-refractivity contribution in [1.29, 1.82) is 0 Å². The van der Waals surface area contributed by atoms with Crippen molar-refractivity contribution in [2.24, 2.45) is 0 Å². The molecule has 1 saturated carbocycles. The van der Waals surface area contributed by atoms with E-state index in [-0.39, 0.29) is 34.9 Å². The molecule has 12 nitrogen and oxygen atoms in total. The van der Waals surface area contributed by atoms with Crippen LogP contribution in [-0.4, -0.2) is 52.1 Å². The number of sulfonamides is 1. The number of furan rings is 1. The molecule has 7 rings (SSSR count). The van der Waals surface area contributed by atoms with Gasteiger partial charge >= 0.3 is 5.97 Å². The first-order valence-electron chi connectivity index (χ1n) is 16.6. The zero-order chi connectivity index (χ0) is 35.5. The Hall–Kier alpha value is -5.66. The second-order valence-electron chi connectivity index (χ2n) is 12.7. The highest BCUT2D eigenvalue weighted by molar-refractivity contribution is 7.92. The second-order valence-corrected chi connectivity index (χ2v) is 14.4. The molecule has 0 saturated heterocycles. The molecule has 3 N–H and O–H groups in total. The number of nitrogens with zero attached hydrogens (tertiary/aromatic N) is 4. The van der Waals surface area contributed by atoms with Crippen LogP contribution in [0.15, 0.2) is 100 Å². The largest absolute Gasteiger partial charge is 0.478 e. The fourth-order valence-electron chi connectivity index (χ4n) is 5.92. The van der Waals surface area contributed by atoms with E-state index in [0.29, 0.717) is 30.3 Å². The first-order valence-corrected chi connectivity index (χ1v) is 18.1. The number of rotatable bonds is 14. The number of ether oxygens (including phenoxy) is 1. The quantitative estimate of drug-likeness (QED) is 0.114. The molecule has 1 aliphatic rings. The lowest BCUT2D eigenvalue weighted by molar-refractivity contribution is 0.0696. The van der Waals surface area contributed by atoms with Crippen molar-refractivity contribution >= 4 is 33.2 Å². The summed E-state index contributed by atoms with van der Waals surface area (Å²) in [5.41, 5.74) is 6.11. The van der Waals surface area contributed by atoms with E-state index in [0.717, 1.165) is 58.1 Å². The molecule has 1 atom stereocenters. The highest BCUT2D eigenvalue weighted by atomic mass is 32.2. The van der Waals surface area contributed by atoms with Gasteiger partial charge in [-0.15, -0.1) is 0 Å². The third kappa shape index (κ3) is 8.05. The van der Waals surface area contributed by atoms with Crippen molar-refractivity contribution < 1.29 is 27.5 Å². The highest BCUT2D eigenvalue weighted by Crippen LogP contribution is 2.41. The summed E-state index contributed by atoms with van der Waals surface area (Å²) in [7, 11) is -4.26. The van der Waals surface area contributed by atoms with E-state index < -0.39 is 16.0 Å². The maximum Gasteiger partial charge on any atom is 0.335 e. The van der Waals surface area contributed by atoms with Crippen LogP contribution in [0.5, 0.6) is 5.88 Å². The maximum absolute atomic E-state index is 13.4. The van der Waals surface area contributed by atoms with Crippen molar-refractivity contribution in [3.05, 3.63) is 125 Å². The van der Waals surface area contributed by atoms with E-state index in [1.54, 1.807) is 12.3 Å². The van der Waals surface area contributed by atoms with Crippen LogP contribution in [0.3, 0.4) is 0 Å². The average molecular weight is 705 g/mol. The summed E-state index contributed by atoms with van der Waals surface area (Å²) in [4.78, 5) is 29.6. The van der Waals surface area contributed by atoms with Crippen LogP contribution < -0.4 is 14.8 Å². The van der Waals surface area contributed by atoms with Crippen molar-refractivity contribution in [2.45, 2.75) is 56.5 Å². The van der Waals surface area contributed by atoms with E-state index in [2.05, 4.69) is 25.0 Å². The van der Waals surface area contributed by atoms with E-state index in [9.17, 15) is 18.3 Å². The molecule has 0 amide bonds. The summed E-state index contributed by atoms with van der Waals surface area (Å²) in [5, 5.41) is 13.0. The predicted molar refractivity (Wildman–Crippen MR) is 191 cm³/mol. The normalized spacial score (nSPS) is 13.6. The zero-order valence-electron chi connectivity index (χ0n) is 28.0. The van der Waals surface area contributed by atoms with Gasteiger partial charge in [-0.25, -0.2) is 32.9 Å². The minimum Gasteiger partial charge on any atom is -0.478 e. The van der Waals surface area contributed by atoms with Crippen LogP contribution in [0.25, 0.3) is 22.5 Å². The van der Waals surface area contributed by atoms with Gasteiger partial charge in [-0.1, -0.05) is 54.6 Å². The third-order valence-corrected chi connectivity index (χ3v) is 10.00. The number of carboxylic acids is 1. The summed E-state index contributed by atoms with van der Waals surface area (Å²) in [6.45, 7) is 4.49. The summed E-state index contributed by atoms with van der Waals surface area (Å²) in [5.74, 6) is 0.0999. The number of benzene rings is 3. The van der Waals surface area contributed by atoms with Gasteiger partial charge in [0.2, 0.25) is 17.5 Å². The molecule has 3 heterocycles. The van der Waals surface area contributed by atoms with Gasteiger partial charge in [0.05, 0.1) is 28.0 Å². The molecular formula is C38H36N6O6S. The van der Waals surface area contributed by atoms with Gasteiger partial charge in [0.1, 0.15) is 17.9 Å². The van der Waals surface area contributed by atoms with Crippen molar-refractivity contribution in [2.75, 3.05) is 11.3 Å². The molecule has 3 aromatic heterocycles. The maximum atomic E-state index is 13.4. The molecule has 1 aliphatic carbocycles. The first-order chi connectivity index (χ1) is 24.6. The fourth-order valence-corrected chi connectivity index (χ4v) is 6.91. The molecule has 0 aliphatic heterocycles. The first kappa shape index (κ1) is 33.8. The minimum absolute atomic E-state index is 0.159. The van der Waals surface area contributed by atoms with Gasteiger partial charge in [-0.05, 0) is 68.0 Å². The monoisotopic (exact) mass is 704 g/mol. The molecule has 1 unspecified atom stereocenters. The summed E-state index contributed by atoms with van der Waals surface area (Å²) in [6, 6.07) is 24.4. The smallest absolute Gasteiger partial charge is 0.335 e. The average Bonchev–Trinajstić information content (AvgIpc) is 3.88. The van der Waals surface area contributed by atoms with Gasteiger partial charge in [-0.3, -0.25) is 0 Å². The standard InChI is InChI=1S/C38H36N6O6S/c1-23-8-6-9-24(2)35(23)31-19-34(43-38(42-31)44-51(47,48)30-13-7-12-27(17-30)37(45)46)49-22-28(16-25-10-4-3-5-11-25)39-20-29-21-40-36-32(41-29)18-33(50-36)26-14-15-26/h3-13,17-19,21,26,28,39H,14-16,20,22H2,1-2H3,(H,45,46)(H,42,43,44). The van der Waals surface area contributed by atoms with Crippen molar-refractivity contribution in [3.8, 4) is 17.1 Å². The molecule has 3 aromatic carbocycles. The van der Waals surface area contributed by atoms with Crippen LogP contribution in [0, 0.1) is 13.8 Å². The van der Waals surface area contributed by atoms with Gasteiger partial charge in [0, 0.05) is 36.2 Å². The number of carboxylic acid groups (broad SMARTS) is 1. The van der Waals surface area contributed by atoms with Gasteiger partial charge in [-0.2, -0.15) is 4.98 Å². The van der Waals surface area contributed by atoms with Gasteiger partial charge in [0.25, 0.3) is 10.0 Å². The van der Waals surface area contributed by atoms with Gasteiger partial charge in [0.15, 0.2) is 0 Å². The van der Waals surface area contributed by atoms with Crippen LogP contribution in [0.2, 0.25) is 0 Å². The number of nitrogens with one attached hydrogen (secondary N) is 2. The number of hydrogen-bond acceptors (Lipinski definition) is 10. The number of carbonyl (C=O) groups is 1. The Morgan fingerprint density at radius 3 is 2.47 bits per heavy atom. The molecule has 13 heteroatoms. The molecule has 6 aromatic rings. The SMILES string of the molecule is Cc1cccc(C)c1-c1cc(OCC(Cc2ccccc2)NCc2cnc3oc(C4CC4)cc3n2)nc(NS(=O)(=O)c2cccc(C(=O)O)c2)n1. The van der Waals surface area contributed by atoms with Crippen molar-refractivity contribution in [1.82, 2.24) is 25.3 Å². The van der Waals surface area contributed by atoms with E-state index in [4.69, 9.17) is 14.1 Å². The minimum atomic E-state index is -4.26. The Labute approximate surface area is 295 Å². The zero-order valence-corrected chi connectivity index (χ0v) is 28.9. The number of fused-ring (bicyclic) bond motifs is 1. The predicted octanol–water partition coefficient (Wildman–Crippen LogP) is 6.45. The highest BCUT2D eigenvalue weighted by Gasteiger charge is 2.28. The molecule has 0 radical (unpaired) electrons. The number of anilines is 1. The summed E-state index contributed by atoms with van der Waals surface area (Å²) in [6.07, 6.45) is 4.59. The lowest BCUT2D eigenvalue weighted by Gasteiger charge is -2.20. The second kappa shape index (κ2) is 14.3. The van der Waals surface area contributed by atoms with E-state index in [1.807, 2.05) is 68.4 Å². The Morgan fingerprint density at radius 1 is 0.961 bits per heavy atom. The lowest BCUT2D eigenvalue weighted by Crippen LogP contribution is -2.36. The third-order valence-electron chi connectivity index (χ3n) is 8.67.